The van der Waals surface area contributed by atoms with Gasteiger partial charge < -0.3 is 5.32 Å². The minimum atomic E-state index is -0.278. The summed E-state index contributed by atoms with van der Waals surface area (Å²) in [6.07, 6.45) is 3.03. The Labute approximate surface area is 137 Å². The molecule has 5 rings (SSSR count). The number of ketones is 1. The molecule has 0 spiro atoms. The van der Waals surface area contributed by atoms with Crippen LogP contribution in [0.3, 0.4) is 0 Å². The van der Waals surface area contributed by atoms with Crippen LogP contribution in [0.5, 0.6) is 0 Å². The lowest BCUT2D eigenvalue weighted by Crippen LogP contribution is -2.19. The Bertz CT molecular complexity index is 1020. The molecule has 0 saturated carbocycles. The molecule has 0 bridgehead atoms. The Morgan fingerprint density at radius 2 is 1.92 bits per heavy atom. The maximum absolute atomic E-state index is 13.4. The van der Waals surface area contributed by atoms with Crippen molar-refractivity contribution in [1.29, 1.82) is 0 Å². The first kappa shape index (κ1) is 13.5. The van der Waals surface area contributed by atoms with E-state index in [4.69, 9.17) is 0 Å². The number of allylic oxidation sites excluding steroid dienone is 2. The Kier molecular flexibility index (Phi) is 2.68. The highest BCUT2D eigenvalue weighted by Crippen LogP contribution is 2.48. The number of hydrogen-bond donors (Lipinski definition) is 2. The molecular weight excluding hydrogens is 305 g/mol. The minimum absolute atomic E-state index is 0.161. The summed E-state index contributed by atoms with van der Waals surface area (Å²) in [5.74, 6) is -0.315. The first-order valence-electron chi connectivity index (χ1n) is 7.97. The molecule has 1 unspecified atom stereocenters. The van der Waals surface area contributed by atoms with E-state index >= 15 is 0 Å². The lowest BCUT2D eigenvalue weighted by Gasteiger charge is -2.29. The van der Waals surface area contributed by atoms with Crippen molar-refractivity contribution in [3.05, 3.63) is 70.8 Å². The van der Waals surface area contributed by atoms with Crippen LogP contribution in [0, 0.1) is 5.82 Å². The fourth-order valence-electron chi connectivity index (χ4n) is 3.88. The molecule has 1 aliphatic heterocycles. The fraction of sp³-hybridized carbons (Fsp3) is 0.158. The van der Waals surface area contributed by atoms with Gasteiger partial charge in [-0.3, -0.25) is 9.89 Å². The second-order valence-electron chi connectivity index (χ2n) is 6.29. The van der Waals surface area contributed by atoms with Crippen LogP contribution in [0.15, 0.2) is 53.9 Å². The van der Waals surface area contributed by atoms with Crippen LogP contribution in [0.4, 0.5) is 10.1 Å². The molecule has 0 amide bonds. The predicted octanol–water partition coefficient (Wildman–Crippen LogP) is 3.88. The highest BCUT2D eigenvalue weighted by atomic mass is 19.1. The number of Topliss-reactive ketones (excluding diaryl/α,β-unsaturated/α-hetero) is 1. The average Bonchev–Trinajstić information content (AvgIpc) is 3.21. The van der Waals surface area contributed by atoms with Gasteiger partial charge in [0.2, 0.25) is 0 Å². The van der Waals surface area contributed by atoms with Crippen molar-refractivity contribution in [2.24, 2.45) is 0 Å². The molecule has 1 aliphatic carbocycles. The van der Waals surface area contributed by atoms with E-state index in [-0.39, 0.29) is 17.5 Å². The van der Waals surface area contributed by atoms with Gasteiger partial charge in [0.1, 0.15) is 5.82 Å². The first-order valence-corrected chi connectivity index (χ1v) is 7.97. The second kappa shape index (κ2) is 4.77. The number of carbonyl (C=O) groups excluding carboxylic acids is 1. The Balaban J connectivity index is 1.82. The summed E-state index contributed by atoms with van der Waals surface area (Å²) in [6, 6.07) is 10.5. The number of benzene rings is 2. The maximum atomic E-state index is 13.4. The van der Waals surface area contributed by atoms with Gasteiger partial charge in [-0.2, -0.15) is 5.10 Å². The summed E-state index contributed by atoms with van der Waals surface area (Å²) in [5, 5.41) is 11.6. The summed E-state index contributed by atoms with van der Waals surface area (Å²) in [6.45, 7) is 0. The summed E-state index contributed by atoms with van der Waals surface area (Å²) in [5.41, 5.74) is 5.61. The number of rotatable bonds is 1. The summed E-state index contributed by atoms with van der Waals surface area (Å²) < 4.78 is 13.4. The molecule has 0 saturated heterocycles. The van der Waals surface area contributed by atoms with Gasteiger partial charge in [0, 0.05) is 40.2 Å². The number of hydrogen-bond acceptors (Lipinski definition) is 3. The van der Waals surface area contributed by atoms with Crippen molar-refractivity contribution in [3.8, 4) is 0 Å². The van der Waals surface area contributed by atoms with Crippen molar-refractivity contribution in [2.45, 2.75) is 18.8 Å². The average molecular weight is 319 g/mol. The van der Waals surface area contributed by atoms with Crippen LogP contribution >= 0.6 is 0 Å². The number of fused-ring (bicyclic) bond motifs is 3. The second-order valence-corrected chi connectivity index (χ2v) is 6.29. The number of halogens is 1. The number of H-pyrrole nitrogens is 1. The van der Waals surface area contributed by atoms with Gasteiger partial charge in [0.25, 0.3) is 0 Å². The molecular formula is C19H14FN3O. The van der Waals surface area contributed by atoms with Gasteiger partial charge >= 0.3 is 0 Å². The third kappa shape index (κ3) is 1.78. The molecule has 24 heavy (non-hydrogen) atoms. The maximum Gasteiger partial charge on any atom is 0.161 e. The van der Waals surface area contributed by atoms with Gasteiger partial charge in [0.05, 0.1) is 11.7 Å². The van der Waals surface area contributed by atoms with Crippen molar-refractivity contribution in [2.75, 3.05) is 5.32 Å². The van der Waals surface area contributed by atoms with Crippen LogP contribution < -0.4 is 5.32 Å². The van der Waals surface area contributed by atoms with E-state index in [9.17, 15) is 9.18 Å². The Morgan fingerprint density at radius 1 is 1.08 bits per heavy atom. The zero-order valence-electron chi connectivity index (χ0n) is 12.8. The van der Waals surface area contributed by atoms with E-state index in [2.05, 4.69) is 15.5 Å². The zero-order chi connectivity index (χ0) is 16.3. The lowest BCUT2D eigenvalue weighted by molar-refractivity contribution is -0.115. The van der Waals surface area contributed by atoms with Gasteiger partial charge in [-0.15, -0.1) is 0 Å². The van der Waals surface area contributed by atoms with Gasteiger partial charge in [-0.05, 0) is 36.2 Å². The topological polar surface area (TPSA) is 57.8 Å². The molecule has 0 radical (unpaired) electrons. The third-order valence-electron chi connectivity index (χ3n) is 4.95. The molecule has 2 aliphatic rings. The molecule has 0 fully saturated rings. The van der Waals surface area contributed by atoms with Crippen molar-refractivity contribution >= 4 is 22.4 Å². The van der Waals surface area contributed by atoms with Gasteiger partial charge in [-0.1, -0.05) is 12.1 Å². The largest absolute Gasteiger partial charge is 0.358 e. The standard InChI is InChI=1S/C19H14FN3O/c20-12-4-1-10(2-5-12)16-17-13(7-8-15(17)24)22-14-6-3-11-9-21-23-19(11)18(14)16/h1-6,9,16,22H,7-8H2,(H,21,23). The summed E-state index contributed by atoms with van der Waals surface area (Å²) >= 11 is 0. The number of aromatic nitrogens is 2. The van der Waals surface area contributed by atoms with Crippen LogP contribution in [-0.4, -0.2) is 16.0 Å². The molecule has 1 atom stereocenters. The predicted molar refractivity (Wildman–Crippen MR) is 89.2 cm³/mol. The van der Waals surface area contributed by atoms with Crippen LogP contribution in [0.1, 0.15) is 29.9 Å². The van der Waals surface area contributed by atoms with E-state index in [0.717, 1.165) is 45.4 Å². The Morgan fingerprint density at radius 3 is 2.75 bits per heavy atom. The van der Waals surface area contributed by atoms with E-state index in [0.29, 0.717) is 6.42 Å². The molecule has 4 nitrogen and oxygen atoms in total. The van der Waals surface area contributed by atoms with Crippen LogP contribution in [0.25, 0.3) is 10.9 Å². The number of nitrogens with one attached hydrogen (secondary N) is 2. The van der Waals surface area contributed by atoms with E-state index in [1.807, 2.05) is 12.1 Å². The highest BCUT2D eigenvalue weighted by Gasteiger charge is 2.37. The third-order valence-corrected chi connectivity index (χ3v) is 4.95. The smallest absolute Gasteiger partial charge is 0.161 e. The van der Waals surface area contributed by atoms with Crippen LogP contribution in [-0.2, 0) is 4.79 Å². The number of nitrogens with zero attached hydrogens (tertiary/aromatic N) is 1. The molecule has 118 valence electrons. The SMILES string of the molecule is O=C1CCC2=C1C(c1ccc(F)cc1)c1c(ccc3cn[nH]c13)N2. The number of anilines is 1. The van der Waals surface area contributed by atoms with Gasteiger partial charge in [-0.25, -0.2) is 4.39 Å². The monoisotopic (exact) mass is 319 g/mol. The zero-order valence-corrected chi connectivity index (χ0v) is 12.8. The molecule has 5 heteroatoms. The number of carbonyl (C=O) groups is 1. The van der Waals surface area contributed by atoms with Crippen molar-refractivity contribution in [3.63, 3.8) is 0 Å². The van der Waals surface area contributed by atoms with Crippen molar-refractivity contribution in [1.82, 2.24) is 10.2 Å². The first-order chi connectivity index (χ1) is 11.7. The Hall–Kier alpha value is -2.95. The molecule has 2 N–H and O–H groups in total. The highest BCUT2D eigenvalue weighted by molar-refractivity contribution is 6.04. The van der Waals surface area contributed by atoms with E-state index in [1.54, 1.807) is 18.3 Å². The van der Waals surface area contributed by atoms with Crippen molar-refractivity contribution < 1.29 is 9.18 Å². The normalized spacial score (nSPS) is 19.4. The van der Waals surface area contributed by atoms with E-state index in [1.165, 1.54) is 12.1 Å². The number of aromatic amines is 1. The van der Waals surface area contributed by atoms with Crippen LogP contribution in [0.2, 0.25) is 0 Å². The quantitative estimate of drug-likeness (QED) is 0.716. The van der Waals surface area contributed by atoms with Gasteiger partial charge in [0.15, 0.2) is 5.78 Å². The van der Waals surface area contributed by atoms with E-state index < -0.39 is 0 Å². The lowest BCUT2D eigenvalue weighted by atomic mass is 9.80. The molecule has 2 aromatic carbocycles. The molecule has 2 heterocycles. The molecule has 1 aromatic heterocycles. The minimum Gasteiger partial charge on any atom is -0.358 e. The summed E-state index contributed by atoms with van der Waals surface area (Å²) in [4.78, 5) is 12.5. The summed E-state index contributed by atoms with van der Waals surface area (Å²) in [7, 11) is 0. The molecule has 3 aromatic rings. The fourth-order valence-corrected chi connectivity index (χ4v) is 3.88.